The maximum Gasteiger partial charge on any atom is -0.0386 e. The van der Waals surface area contributed by atoms with Gasteiger partial charge < -0.3 is 0 Å². The highest BCUT2D eigenvalue weighted by Gasteiger charge is 2.17. The zero-order chi connectivity index (χ0) is 17.9. The van der Waals surface area contributed by atoms with E-state index >= 15 is 0 Å². The summed E-state index contributed by atoms with van der Waals surface area (Å²) in [5.41, 5.74) is 0. The molecule has 1 aliphatic carbocycles. The van der Waals surface area contributed by atoms with E-state index in [4.69, 9.17) is 0 Å². The van der Waals surface area contributed by atoms with Crippen LogP contribution in [0.4, 0.5) is 0 Å². The lowest BCUT2D eigenvalue weighted by Crippen LogP contribution is -2.13. The van der Waals surface area contributed by atoms with Crippen LogP contribution in [-0.4, -0.2) is 0 Å². The Kier molecular flexibility index (Phi) is 19.3. The SMILES string of the molecule is [CH2]C1CCCCCCC1CCC.[CH2]CCCCCCCCCCC. The number of hydrogen-bond donors (Lipinski definition) is 0. The summed E-state index contributed by atoms with van der Waals surface area (Å²) in [5, 5.41) is 0. The van der Waals surface area contributed by atoms with Crippen molar-refractivity contribution in [2.45, 2.75) is 129 Å². The molecule has 2 radical (unpaired) electrons. The lowest BCUT2D eigenvalue weighted by Gasteiger charge is -2.25. The van der Waals surface area contributed by atoms with Gasteiger partial charge in [0, 0.05) is 0 Å². The van der Waals surface area contributed by atoms with E-state index in [1.165, 1.54) is 109 Å². The zero-order valence-electron chi connectivity index (χ0n) is 17.3. The van der Waals surface area contributed by atoms with E-state index in [-0.39, 0.29) is 0 Å². The van der Waals surface area contributed by atoms with E-state index < -0.39 is 0 Å². The molecule has 24 heavy (non-hydrogen) atoms. The average Bonchev–Trinajstić information content (AvgIpc) is 2.58. The van der Waals surface area contributed by atoms with E-state index in [0.29, 0.717) is 0 Å². The molecule has 144 valence electrons. The Bertz CT molecular complexity index is 210. The van der Waals surface area contributed by atoms with Crippen LogP contribution in [0.25, 0.3) is 0 Å². The third kappa shape index (κ3) is 15.5. The molecule has 0 spiro atoms. The minimum Gasteiger partial charge on any atom is -0.0654 e. The van der Waals surface area contributed by atoms with Gasteiger partial charge in [-0.2, -0.15) is 0 Å². The molecule has 0 nitrogen and oxygen atoms in total. The molecule has 0 aromatic carbocycles. The summed E-state index contributed by atoms with van der Waals surface area (Å²) in [4.78, 5) is 0. The van der Waals surface area contributed by atoms with Gasteiger partial charge in [-0.05, 0) is 18.8 Å². The van der Waals surface area contributed by atoms with Crippen molar-refractivity contribution in [3.05, 3.63) is 13.8 Å². The zero-order valence-corrected chi connectivity index (χ0v) is 17.3. The predicted molar refractivity (Wildman–Crippen MR) is 112 cm³/mol. The first-order valence-electron chi connectivity index (χ1n) is 11.4. The predicted octanol–water partition coefficient (Wildman–Crippen LogP) is 8.95. The monoisotopic (exact) mass is 336 g/mol. The maximum atomic E-state index is 4.30. The fourth-order valence-electron chi connectivity index (χ4n) is 3.88. The van der Waals surface area contributed by atoms with Gasteiger partial charge in [0.2, 0.25) is 0 Å². The minimum atomic E-state index is 0.755. The molecule has 0 saturated heterocycles. The van der Waals surface area contributed by atoms with Crippen LogP contribution >= 0.6 is 0 Å². The van der Waals surface area contributed by atoms with Crippen LogP contribution < -0.4 is 0 Å². The fraction of sp³-hybridized carbons (Fsp3) is 0.917. The van der Waals surface area contributed by atoms with Crippen LogP contribution in [0.15, 0.2) is 0 Å². The van der Waals surface area contributed by atoms with Crippen molar-refractivity contribution in [1.82, 2.24) is 0 Å². The van der Waals surface area contributed by atoms with Gasteiger partial charge in [-0.15, -0.1) is 0 Å². The largest absolute Gasteiger partial charge is 0.0654 e. The molecule has 0 N–H and O–H groups in total. The summed E-state index contributed by atoms with van der Waals surface area (Å²) < 4.78 is 0. The first-order chi connectivity index (χ1) is 11.8. The standard InChI is InChI=1S/C12H23.C12H25/c1-3-8-12-10-7-5-4-6-9-11(12)2;1-3-5-7-9-11-12-10-8-6-4-2/h11-12H,2-10H2,1H3;1,3-12H2,2H3. The molecular formula is C24H48. The Balaban J connectivity index is 0.000000441. The minimum absolute atomic E-state index is 0.755. The van der Waals surface area contributed by atoms with Crippen LogP contribution in [0.5, 0.6) is 0 Å². The highest BCUT2D eigenvalue weighted by molar-refractivity contribution is 4.74. The van der Waals surface area contributed by atoms with Crippen LogP contribution in [0.2, 0.25) is 0 Å². The first kappa shape index (κ1) is 24.0. The van der Waals surface area contributed by atoms with Crippen LogP contribution in [0, 0.1) is 25.7 Å². The summed E-state index contributed by atoms with van der Waals surface area (Å²) in [7, 11) is 0. The summed E-state index contributed by atoms with van der Waals surface area (Å²) in [6.07, 6.45) is 25.3. The summed E-state index contributed by atoms with van der Waals surface area (Å²) in [6.45, 7) is 12.7. The second kappa shape index (κ2) is 19.3. The molecule has 0 bridgehead atoms. The third-order valence-corrected chi connectivity index (χ3v) is 5.58. The molecule has 0 aliphatic heterocycles. The summed E-state index contributed by atoms with van der Waals surface area (Å²) >= 11 is 0. The molecule has 0 heterocycles. The molecular weight excluding hydrogens is 288 g/mol. The smallest absolute Gasteiger partial charge is 0.0386 e. The van der Waals surface area contributed by atoms with Gasteiger partial charge in [0.25, 0.3) is 0 Å². The van der Waals surface area contributed by atoms with Gasteiger partial charge in [0.1, 0.15) is 0 Å². The molecule has 2 unspecified atom stereocenters. The first-order valence-corrected chi connectivity index (χ1v) is 11.4. The van der Waals surface area contributed by atoms with Gasteiger partial charge in [-0.1, -0.05) is 136 Å². The molecule has 0 aromatic rings. The molecule has 1 saturated carbocycles. The van der Waals surface area contributed by atoms with Crippen molar-refractivity contribution in [1.29, 1.82) is 0 Å². The number of unbranched alkanes of at least 4 members (excludes halogenated alkanes) is 9. The van der Waals surface area contributed by atoms with Crippen molar-refractivity contribution in [2.75, 3.05) is 0 Å². The summed E-state index contributed by atoms with van der Waals surface area (Å²) in [5.74, 6) is 1.69. The quantitative estimate of drug-likeness (QED) is 0.330. The van der Waals surface area contributed by atoms with E-state index in [9.17, 15) is 0 Å². The second-order valence-corrected chi connectivity index (χ2v) is 7.98. The second-order valence-electron chi connectivity index (χ2n) is 7.98. The van der Waals surface area contributed by atoms with Gasteiger partial charge in [-0.3, -0.25) is 0 Å². The average molecular weight is 337 g/mol. The Morgan fingerprint density at radius 3 is 1.75 bits per heavy atom. The molecule has 1 rings (SSSR count). The maximum absolute atomic E-state index is 4.30. The lowest BCUT2D eigenvalue weighted by atomic mass is 9.80. The Hall–Kier alpha value is 0. The van der Waals surface area contributed by atoms with Crippen LogP contribution in [-0.2, 0) is 0 Å². The van der Waals surface area contributed by atoms with Gasteiger partial charge in [-0.25, -0.2) is 0 Å². The van der Waals surface area contributed by atoms with Crippen molar-refractivity contribution in [3.63, 3.8) is 0 Å². The Labute approximate surface area is 155 Å². The van der Waals surface area contributed by atoms with Crippen LogP contribution in [0.1, 0.15) is 129 Å². The fourth-order valence-corrected chi connectivity index (χ4v) is 3.88. The summed E-state index contributed by atoms with van der Waals surface area (Å²) in [6, 6.07) is 0. The van der Waals surface area contributed by atoms with Gasteiger partial charge >= 0.3 is 0 Å². The van der Waals surface area contributed by atoms with Crippen molar-refractivity contribution < 1.29 is 0 Å². The van der Waals surface area contributed by atoms with Gasteiger partial charge in [0.05, 0.1) is 0 Å². The lowest BCUT2D eigenvalue weighted by molar-refractivity contribution is 0.287. The van der Waals surface area contributed by atoms with Crippen molar-refractivity contribution in [3.8, 4) is 0 Å². The van der Waals surface area contributed by atoms with Crippen molar-refractivity contribution >= 4 is 0 Å². The van der Waals surface area contributed by atoms with Crippen molar-refractivity contribution in [2.24, 2.45) is 11.8 Å². The molecule has 1 aliphatic rings. The highest BCUT2D eigenvalue weighted by Crippen LogP contribution is 2.30. The molecule has 1 fully saturated rings. The Morgan fingerprint density at radius 2 is 1.21 bits per heavy atom. The van der Waals surface area contributed by atoms with E-state index in [0.717, 1.165) is 18.3 Å². The third-order valence-electron chi connectivity index (χ3n) is 5.58. The molecule has 0 heteroatoms. The normalized spacial score (nSPS) is 21.5. The highest BCUT2D eigenvalue weighted by atomic mass is 14.2. The Morgan fingerprint density at radius 1 is 0.667 bits per heavy atom. The van der Waals surface area contributed by atoms with Gasteiger partial charge in [0.15, 0.2) is 0 Å². The van der Waals surface area contributed by atoms with E-state index in [1.807, 2.05) is 0 Å². The number of rotatable bonds is 11. The topological polar surface area (TPSA) is 0 Å². The number of hydrogen-bond acceptors (Lipinski definition) is 0. The van der Waals surface area contributed by atoms with E-state index in [2.05, 4.69) is 27.7 Å². The molecule has 0 amide bonds. The molecule has 2 atom stereocenters. The molecule has 0 aromatic heterocycles. The van der Waals surface area contributed by atoms with Crippen LogP contribution in [0.3, 0.4) is 0 Å². The van der Waals surface area contributed by atoms with E-state index in [1.54, 1.807) is 0 Å².